The molecule has 1 amide bonds. The molecule has 3 aromatic rings. The molecular formula is C24H23NO3. The van der Waals surface area contributed by atoms with Crippen LogP contribution in [-0.2, 0) is 16.1 Å². The molecule has 3 rings (SSSR count). The van der Waals surface area contributed by atoms with Gasteiger partial charge >= 0.3 is 0 Å². The van der Waals surface area contributed by atoms with Gasteiger partial charge in [-0.25, -0.2) is 0 Å². The minimum absolute atomic E-state index is 0.0743. The van der Waals surface area contributed by atoms with Crippen LogP contribution in [0, 0.1) is 0 Å². The molecule has 4 heteroatoms. The minimum atomic E-state index is -0.0743. The summed E-state index contributed by atoms with van der Waals surface area (Å²) >= 11 is 0. The van der Waals surface area contributed by atoms with Crippen LogP contribution in [0.2, 0.25) is 0 Å². The fraction of sp³-hybridized carbons (Fsp3) is 0.125. The molecule has 4 nitrogen and oxygen atoms in total. The average Bonchev–Trinajstić information content (AvgIpc) is 2.76. The zero-order valence-electron chi connectivity index (χ0n) is 15.8. The molecule has 0 aliphatic heterocycles. The van der Waals surface area contributed by atoms with Gasteiger partial charge in [0.25, 0.3) is 5.91 Å². The van der Waals surface area contributed by atoms with Gasteiger partial charge in [0.1, 0.15) is 5.75 Å². The van der Waals surface area contributed by atoms with E-state index in [9.17, 15) is 4.79 Å². The molecule has 0 aliphatic rings. The summed E-state index contributed by atoms with van der Waals surface area (Å²) in [5.41, 5.74) is 2.86. The summed E-state index contributed by atoms with van der Waals surface area (Å²) in [6.07, 6.45) is 3.41. The highest BCUT2D eigenvalue weighted by atomic mass is 16.7. The number of para-hydroxylation sites is 1. The molecule has 0 unspecified atom stereocenters. The molecule has 0 N–H and O–H groups in total. The van der Waals surface area contributed by atoms with Gasteiger partial charge in [0.15, 0.2) is 6.79 Å². The third-order valence-electron chi connectivity index (χ3n) is 4.16. The highest BCUT2D eigenvalue weighted by Crippen LogP contribution is 2.18. The van der Waals surface area contributed by atoms with E-state index < -0.39 is 0 Å². The summed E-state index contributed by atoms with van der Waals surface area (Å²) in [5.74, 6) is 0.648. The van der Waals surface area contributed by atoms with Gasteiger partial charge < -0.3 is 14.4 Å². The van der Waals surface area contributed by atoms with Crippen LogP contribution in [-0.4, -0.2) is 19.8 Å². The van der Waals surface area contributed by atoms with Gasteiger partial charge in [-0.1, -0.05) is 60.7 Å². The van der Waals surface area contributed by atoms with Crippen molar-refractivity contribution in [2.24, 2.45) is 0 Å². The fourth-order valence-electron chi connectivity index (χ4n) is 2.73. The van der Waals surface area contributed by atoms with Crippen molar-refractivity contribution in [2.45, 2.75) is 6.54 Å². The lowest BCUT2D eigenvalue weighted by Gasteiger charge is -2.21. The second-order valence-electron chi connectivity index (χ2n) is 6.20. The number of rotatable bonds is 8. The lowest BCUT2D eigenvalue weighted by Crippen LogP contribution is -2.28. The molecule has 0 spiro atoms. The number of hydrogen-bond acceptors (Lipinski definition) is 3. The monoisotopic (exact) mass is 373 g/mol. The number of benzene rings is 3. The standard InChI is InChI=1S/C24H23NO3/c1-27-19-28-23-15-12-20(13-16-23)14-17-24(26)25(22-10-6-3-7-11-22)18-21-8-4-2-5-9-21/h2-17H,18-19H2,1H3/b17-14+. The Morgan fingerprint density at radius 2 is 1.54 bits per heavy atom. The number of carbonyl (C=O) groups is 1. The summed E-state index contributed by atoms with van der Waals surface area (Å²) in [5, 5.41) is 0. The summed E-state index contributed by atoms with van der Waals surface area (Å²) < 4.78 is 10.3. The van der Waals surface area contributed by atoms with Crippen molar-refractivity contribution in [3.63, 3.8) is 0 Å². The molecule has 0 fully saturated rings. The average molecular weight is 373 g/mol. The van der Waals surface area contributed by atoms with Gasteiger partial charge in [-0.05, 0) is 41.5 Å². The predicted molar refractivity (Wildman–Crippen MR) is 112 cm³/mol. The van der Waals surface area contributed by atoms with Crippen LogP contribution in [0.3, 0.4) is 0 Å². The van der Waals surface area contributed by atoms with Crippen LogP contribution in [0.1, 0.15) is 11.1 Å². The molecule has 0 atom stereocenters. The number of ether oxygens (including phenoxy) is 2. The van der Waals surface area contributed by atoms with Crippen molar-refractivity contribution in [3.05, 3.63) is 102 Å². The Balaban J connectivity index is 1.74. The summed E-state index contributed by atoms with van der Waals surface area (Å²) in [6.45, 7) is 0.719. The molecule has 0 heterocycles. The van der Waals surface area contributed by atoms with Gasteiger partial charge in [-0.2, -0.15) is 0 Å². The van der Waals surface area contributed by atoms with Crippen molar-refractivity contribution in [2.75, 3.05) is 18.8 Å². The molecule has 28 heavy (non-hydrogen) atoms. The first-order chi connectivity index (χ1) is 13.8. The largest absolute Gasteiger partial charge is 0.468 e. The van der Waals surface area contributed by atoms with E-state index in [2.05, 4.69) is 0 Å². The van der Waals surface area contributed by atoms with Crippen molar-refractivity contribution in [1.82, 2.24) is 0 Å². The second-order valence-corrected chi connectivity index (χ2v) is 6.20. The van der Waals surface area contributed by atoms with Gasteiger partial charge in [0, 0.05) is 18.9 Å². The van der Waals surface area contributed by atoms with Crippen molar-refractivity contribution >= 4 is 17.7 Å². The van der Waals surface area contributed by atoms with E-state index in [1.807, 2.05) is 91.0 Å². The minimum Gasteiger partial charge on any atom is -0.468 e. The number of nitrogens with zero attached hydrogens (tertiary/aromatic N) is 1. The number of hydrogen-bond donors (Lipinski definition) is 0. The Bertz CT molecular complexity index is 890. The number of anilines is 1. The van der Waals surface area contributed by atoms with E-state index in [4.69, 9.17) is 9.47 Å². The highest BCUT2D eigenvalue weighted by molar-refractivity contribution is 6.03. The van der Waals surface area contributed by atoms with Gasteiger partial charge in [0.05, 0.1) is 6.54 Å². The zero-order valence-corrected chi connectivity index (χ0v) is 15.8. The highest BCUT2D eigenvalue weighted by Gasteiger charge is 2.13. The molecule has 3 aromatic carbocycles. The first-order valence-electron chi connectivity index (χ1n) is 9.06. The van der Waals surface area contributed by atoms with Gasteiger partial charge in [-0.3, -0.25) is 4.79 Å². The van der Waals surface area contributed by atoms with Crippen LogP contribution >= 0.6 is 0 Å². The Labute approximate surface area is 165 Å². The summed E-state index contributed by atoms with van der Waals surface area (Å²) in [6, 6.07) is 27.2. The maximum atomic E-state index is 12.9. The molecule has 0 bridgehead atoms. The normalized spacial score (nSPS) is 10.8. The molecule has 0 radical (unpaired) electrons. The lowest BCUT2D eigenvalue weighted by atomic mass is 10.1. The maximum Gasteiger partial charge on any atom is 0.251 e. The zero-order chi connectivity index (χ0) is 19.6. The van der Waals surface area contributed by atoms with E-state index in [-0.39, 0.29) is 12.7 Å². The Morgan fingerprint density at radius 1 is 0.893 bits per heavy atom. The smallest absolute Gasteiger partial charge is 0.251 e. The molecule has 142 valence electrons. The summed E-state index contributed by atoms with van der Waals surface area (Å²) in [7, 11) is 1.58. The molecule has 0 saturated heterocycles. The maximum absolute atomic E-state index is 12.9. The number of amides is 1. The first-order valence-corrected chi connectivity index (χ1v) is 9.06. The van der Waals surface area contributed by atoms with E-state index in [0.29, 0.717) is 6.54 Å². The van der Waals surface area contributed by atoms with Crippen LogP contribution in [0.4, 0.5) is 5.69 Å². The van der Waals surface area contributed by atoms with Crippen molar-refractivity contribution in [3.8, 4) is 5.75 Å². The molecule has 0 aliphatic carbocycles. The van der Waals surface area contributed by atoms with E-state index in [1.54, 1.807) is 18.1 Å². The predicted octanol–water partition coefficient (Wildman–Crippen LogP) is 4.92. The molecule has 0 saturated carbocycles. The van der Waals surface area contributed by atoms with Gasteiger partial charge in [0.2, 0.25) is 0 Å². The van der Waals surface area contributed by atoms with Crippen molar-refractivity contribution < 1.29 is 14.3 Å². The quantitative estimate of drug-likeness (QED) is 0.416. The molecular weight excluding hydrogens is 350 g/mol. The van der Waals surface area contributed by atoms with Crippen molar-refractivity contribution in [1.29, 1.82) is 0 Å². The van der Waals surface area contributed by atoms with E-state index in [1.165, 1.54) is 0 Å². The fourth-order valence-corrected chi connectivity index (χ4v) is 2.73. The Kier molecular flexibility index (Phi) is 6.99. The Morgan fingerprint density at radius 3 is 2.18 bits per heavy atom. The Hall–Kier alpha value is -3.37. The van der Waals surface area contributed by atoms with E-state index >= 15 is 0 Å². The van der Waals surface area contributed by atoms with Crippen LogP contribution in [0.5, 0.6) is 5.75 Å². The third kappa shape index (κ3) is 5.56. The van der Waals surface area contributed by atoms with E-state index in [0.717, 1.165) is 22.6 Å². The third-order valence-corrected chi connectivity index (χ3v) is 4.16. The number of methoxy groups -OCH3 is 1. The topological polar surface area (TPSA) is 38.8 Å². The van der Waals surface area contributed by atoms with Crippen LogP contribution in [0.25, 0.3) is 6.08 Å². The molecule has 0 aromatic heterocycles. The summed E-state index contributed by atoms with van der Waals surface area (Å²) in [4.78, 5) is 14.7. The number of carbonyl (C=O) groups excluding carboxylic acids is 1. The van der Waals surface area contributed by atoms with Crippen LogP contribution < -0.4 is 9.64 Å². The lowest BCUT2D eigenvalue weighted by molar-refractivity contribution is -0.114. The SMILES string of the molecule is COCOc1ccc(/C=C/C(=O)N(Cc2ccccc2)c2ccccc2)cc1. The van der Waals surface area contributed by atoms with Crippen LogP contribution in [0.15, 0.2) is 91.0 Å². The first kappa shape index (κ1) is 19.4. The van der Waals surface area contributed by atoms with Gasteiger partial charge in [-0.15, -0.1) is 0 Å². The second kappa shape index (κ2) is 10.1.